The highest BCUT2D eigenvalue weighted by molar-refractivity contribution is 14.0. The minimum Gasteiger partial charge on any atom is -0.357 e. The van der Waals surface area contributed by atoms with Gasteiger partial charge in [-0.2, -0.15) is 11.8 Å². The maximum Gasteiger partial charge on any atom is 0.191 e. The number of hydrogen-bond acceptors (Lipinski definition) is 2. The standard InChI is InChI=1S/C10H21N3S.HI/c1-3-11-10(12-4-2)13-8-9-6-5-7-14-9;/h9H,3-8H2,1-2H3,(H2,11,12,13);1H. The molecular formula is C10H22IN3S. The van der Waals surface area contributed by atoms with Crippen LogP contribution in [-0.4, -0.2) is 36.6 Å². The number of thioether (sulfide) groups is 1. The van der Waals surface area contributed by atoms with Gasteiger partial charge in [0.05, 0.1) is 6.54 Å². The van der Waals surface area contributed by atoms with Crippen LogP contribution in [-0.2, 0) is 0 Å². The maximum absolute atomic E-state index is 4.56. The molecule has 0 aromatic heterocycles. The van der Waals surface area contributed by atoms with Crippen molar-refractivity contribution in [2.75, 3.05) is 25.4 Å². The van der Waals surface area contributed by atoms with E-state index in [1.807, 2.05) is 0 Å². The Labute approximate surface area is 114 Å². The predicted molar refractivity (Wildman–Crippen MR) is 80.6 cm³/mol. The van der Waals surface area contributed by atoms with Crippen LogP contribution in [0.1, 0.15) is 26.7 Å². The van der Waals surface area contributed by atoms with Gasteiger partial charge in [0.1, 0.15) is 0 Å². The molecule has 15 heavy (non-hydrogen) atoms. The van der Waals surface area contributed by atoms with Crippen molar-refractivity contribution in [2.45, 2.75) is 31.9 Å². The maximum atomic E-state index is 4.56. The van der Waals surface area contributed by atoms with Gasteiger partial charge in [-0.15, -0.1) is 24.0 Å². The lowest BCUT2D eigenvalue weighted by Crippen LogP contribution is -2.37. The summed E-state index contributed by atoms with van der Waals surface area (Å²) in [6.45, 7) is 7.02. The fraction of sp³-hybridized carbons (Fsp3) is 0.900. The third-order valence-electron chi connectivity index (χ3n) is 2.17. The number of hydrogen-bond donors (Lipinski definition) is 2. The Morgan fingerprint density at radius 3 is 2.47 bits per heavy atom. The van der Waals surface area contributed by atoms with Gasteiger partial charge in [0.2, 0.25) is 0 Å². The zero-order valence-electron chi connectivity index (χ0n) is 9.58. The molecule has 1 rings (SSSR count). The van der Waals surface area contributed by atoms with Crippen LogP contribution in [0.25, 0.3) is 0 Å². The van der Waals surface area contributed by atoms with Crippen LogP contribution < -0.4 is 10.6 Å². The molecule has 2 N–H and O–H groups in total. The summed E-state index contributed by atoms with van der Waals surface area (Å²) in [7, 11) is 0. The lowest BCUT2D eigenvalue weighted by atomic mass is 10.2. The second kappa shape index (κ2) is 9.57. The SMILES string of the molecule is CCNC(=NCC1CCCS1)NCC.I. The fourth-order valence-corrected chi connectivity index (χ4v) is 2.67. The van der Waals surface area contributed by atoms with Crippen LogP contribution in [0.5, 0.6) is 0 Å². The smallest absolute Gasteiger partial charge is 0.191 e. The number of nitrogens with one attached hydrogen (secondary N) is 2. The van der Waals surface area contributed by atoms with Crippen molar-refractivity contribution >= 4 is 41.7 Å². The van der Waals surface area contributed by atoms with Gasteiger partial charge < -0.3 is 10.6 Å². The Balaban J connectivity index is 0.00000196. The number of aliphatic imine (C=N–C) groups is 1. The van der Waals surface area contributed by atoms with Gasteiger partial charge in [-0.05, 0) is 32.4 Å². The molecule has 0 aliphatic carbocycles. The van der Waals surface area contributed by atoms with E-state index in [2.05, 4.69) is 41.2 Å². The first kappa shape index (κ1) is 15.3. The molecule has 5 heteroatoms. The summed E-state index contributed by atoms with van der Waals surface area (Å²) in [6, 6.07) is 0. The lowest BCUT2D eigenvalue weighted by Gasteiger charge is -2.10. The third kappa shape index (κ3) is 6.50. The third-order valence-corrected chi connectivity index (χ3v) is 3.55. The summed E-state index contributed by atoms with van der Waals surface area (Å²) >= 11 is 2.06. The molecule has 1 heterocycles. The van der Waals surface area contributed by atoms with Gasteiger partial charge in [0, 0.05) is 18.3 Å². The van der Waals surface area contributed by atoms with Crippen LogP contribution >= 0.6 is 35.7 Å². The van der Waals surface area contributed by atoms with Crippen molar-refractivity contribution < 1.29 is 0 Å². The molecular weight excluding hydrogens is 321 g/mol. The van der Waals surface area contributed by atoms with E-state index in [0.29, 0.717) is 0 Å². The quantitative estimate of drug-likeness (QED) is 0.466. The van der Waals surface area contributed by atoms with Gasteiger partial charge in [0.15, 0.2) is 5.96 Å². The van der Waals surface area contributed by atoms with Gasteiger partial charge >= 0.3 is 0 Å². The molecule has 1 aliphatic heterocycles. The van der Waals surface area contributed by atoms with E-state index < -0.39 is 0 Å². The summed E-state index contributed by atoms with van der Waals surface area (Å²) < 4.78 is 0. The van der Waals surface area contributed by atoms with E-state index in [9.17, 15) is 0 Å². The molecule has 0 saturated carbocycles. The first-order valence-electron chi connectivity index (χ1n) is 5.50. The van der Waals surface area contributed by atoms with E-state index in [1.54, 1.807) is 0 Å². The summed E-state index contributed by atoms with van der Waals surface area (Å²) in [5, 5.41) is 7.23. The average Bonchev–Trinajstić information content (AvgIpc) is 2.67. The molecule has 0 bridgehead atoms. The van der Waals surface area contributed by atoms with Crippen LogP contribution in [0.4, 0.5) is 0 Å². The first-order chi connectivity index (χ1) is 6.86. The van der Waals surface area contributed by atoms with Crippen molar-refractivity contribution in [1.29, 1.82) is 0 Å². The average molecular weight is 343 g/mol. The van der Waals surface area contributed by atoms with Crippen LogP contribution in [0.15, 0.2) is 4.99 Å². The van der Waals surface area contributed by atoms with E-state index in [0.717, 1.165) is 30.8 Å². The molecule has 0 aromatic rings. The zero-order chi connectivity index (χ0) is 10.2. The molecule has 3 nitrogen and oxygen atoms in total. The number of guanidine groups is 1. The number of nitrogens with zero attached hydrogens (tertiary/aromatic N) is 1. The van der Waals surface area contributed by atoms with Crippen LogP contribution in [0.2, 0.25) is 0 Å². The monoisotopic (exact) mass is 343 g/mol. The van der Waals surface area contributed by atoms with E-state index in [4.69, 9.17) is 0 Å². The highest BCUT2D eigenvalue weighted by Gasteiger charge is 2.14. The van der Waals surface area contributed by atoms with Crippen molar-refractivity contribution in [2.24, 2.45) is 4.99 Å². The predicted octanol–water partition coefficient (Wildman–Crippen LogP) is 2.07. The molecule has 0 amide bonds. The van der Waals surface area contributed by atoms with E-state index >= 15 is 0 Å². The largest absolute Gasteiger partial charge is 0.357 e. The summed E-state index contributed by atoms with van der Waals surface area (Å²) in [4.78, 5) is 4.56. The van der Waals surface area contributed by atoms with E-state index in [1.165, 1.54) is 18.6 Å². The Morgan fingerprint density at radius 2 is 2.00 bits per heavy atom. The number of rotatable bonds is 4. The Kier molecular flexibility index (Phi) is 9.79. The van der Waals surface area contributed by atoms with Crippen molar-refractivity contribution in [3.63, 3.8) is 0 Å². The minimum absolute atomic E-state index is 0. The van der Waals surface area contributed by atoms with Gasteiger partial charge in [0.25, 0.3) is 0 Å². The molecule has 1 atom stereocenters. The molecule has 1 aliphatic rings. The summed E-state index contributed by atoms with van der Waals surface area (Å²) in [6.07, 6.45) is 2.70. The second-order valence-corrected chi connectivity index (χ2v) is 4.79. The van der Waals surface area contributed by atoms with Gasteiger partial charge in [-0.3, -0.25) is 4.99 Å². The number of halogens is 1. The van der Waals surface area contributed by atoms with Crippen LogP contribution in [0, 0.1) is 0 Å². The molecule has 1 unspecified atom stereocenters. The topological polar surface area (TPSA) is 36.4 Å². The Morgan fingerprint density at radius 1 is 1.33 bits per heavy atom. The Bertz CT molecular complexity index is 174. The second-order valence-electron chi connectivity index (χ2n) is 3.38. The zero-order valence-corrected chi connectivity index (χ0v) is 12.7. The molecule has 90 valence electrons. The van der Waals surface area contributed by atoms with Gasteiger partial charge in [-0.25, -0.2) is 0 Å². The van der Waals surface area contributed by atoms with Crippen LogP contribution in [0.3, 0.4) is 0 Å². The molecule has 1 saturated heterocycles. The fourth-order valence-electron chi connectivity index (χ4n) is 1.49. The van der Waals surface area contributed by atoms with Crippen molar-refractivity contribution in [3.8, 4) is 0 Å². The molecule has 0 radical (unpaired) electrons. The summed E-state index contributed by atoms with van der Waals surface area (Å²) in [5.41, 5.74) is 0. The molecule has 0 spiro atoms. The molecule has 1 fully saturated rings. The normalized spacial score (nSPS) is 19.2. The summed E-state index contributed by atoms with van der Waals surface area (Å²) in [5.74, 6) is 2.28. The van der Waals surface area contributed by atoms with Crippen molar-refractivity contribution in [1.82, 2.24) is 10.6 Å². The van der Waals surface area contributed by atoms with E-state index in [-0.39, 0.29) is 24.0 Å². The van der Waals surface area contributed by atoms with Crippen molar-refractivity contribution in [3.05, 3.63) is 0 Å². The molecule has 0 aromatic carbocycles. The first-order valence-corrected chi connectivity index (χ1v) is 6.55. The Hall–Kier alpha value is 0.350. The minimum atomic E-state index is 0. The highest BCUT2D eigenvalue weighted by atomic mass is 127. The lowest BCUT2D eigenvalue weighted by molar-refractivity contribution is 0.769. The highest BCUT2D eigenvalue weighted by Crippen LogP contribution is 2.25. The van der Waals surface area contributed by atoms with Gasteiger partial charge in [-0.1, -0.05) is 0 Å².